The molecule has 1 N–H and O–H groups in total. The molecule has 6 heteroatoms. The van der Waals surface area contributed by atoms with Crippen LogP contribution in [-0.4, -0.2) is 45.7 Å². The van der Waals surface area contributed by atoms with E-state index in [1.54, 1.807) is 0 Å². The summed E-state index contributed by atoms with van der Waals surface area (Å²) in [4.78, 5) is 23.4. The molecular formula is C19H30N4O2. The molecule has 1 amide bonds. The van der Waals surface area contributed by atoms with Crippen molar-refractivity contribution < 1.29 is 9.53 Å². The molecule has 3 rings (SSSR count). The van der Waals surface area contributed by atoms with Crippen molar-refractivity contribution in [2.45, 2.75) is 71.9 Å². The minimum Gasteiger partial charge on any atom is -0.444 e. The number of aryl methyl sites for hydroxylation is 2. The largest absolute Gasteiger partial charge is 0.444 e. The number of carbonyl (C=O) groups excluding carboxylic acids is 1. The number of amides is 1. The minimum atomic E-state index is -0.472. The number of ether oxygens (including phenoxy) is 1. The lowest BCUT2D eigenvalue weighted by Crippen LogP contribution is -2.51. The lowest BCUT2D eigenvalue weighted by atomic mass is 9.88. The van der Waals surface area contributed by atoms with Crippen LogP contribution in [0.25, 0.3) is 0 Å². The van der Waals surface area contributed by atoms with Crippen LogP contribution >= 0.6 is 0 Å². The van der Waals surface area contributed by atoms with E-state index in [1.165, 1.54) is 12.8 Å². The number of likely N-dealkylation sites (tertiary alicyclic amines) is 1. The quantitative estimate of drug-likeness (QED) is 0.904. The molecule has 1 atom stereocenters. The molecule has 1 aliphatic heterocycles. The highest BCUT2D eigenvalue weighted by atomic mass is 16.6. The smallest absolute Gasteiger partial charge is 0.410 e. The van der Waals surface area contributed by atoms with Crippen LogP contribution in [0.1, 0.15) is 57.8 Å². The summed E-state index contributed by atoms with van der Waals surface area (Å²) >= 11 is 0. The second kappa shape index (κ2) is 6.46. The standard InChI is InChI=1S/C19H30N4O2/c1-13-10-14(2)22-16(21-13)20-12-15-11-19(6-7-19)8-9-23(15)17(24)25-18(3,4)5/h10,15H,6-9,11-12H2,1-5H3,(H,20,21,22)/t15-/m0/s1. The molecule has 2 heterocycles. The molecule has 1 spiro atoms. The van der Waals surface area contributed by atoms with Gasteiger partial charge >= 0.3 is 6.09 Å². The summed E-state index contributed by atoms with van der Waals surface area (Å²) in [6, 6.07) is 2.08. The van der Waals surface area contributed by atoms with Gasteiger partial charge in [-0.3, -0.25) is 0 Å². The zero-order valence-corrected chi connectivity index (χ0v) is 16.1. The first kappa shape index (κ1) is 18.0. The Balaban J connectivity index is 1.68. The Morgan fingerprint density at radius 3 is 2.48 bits per heavy atom. The highest BCUT2D eigenvalue weighted by molar-refractivity contribution is 5.69. The van der Waals surface area contributed by atoms with E-state index < -0.39 is 5.60 Å². The lowest BCUT2D eigenvalue weighted by molar-refractivity contribution is 0.00461. The van der Waals surface area contributed by atoms with Crippen LogP contribution in [0.2, 0.25) is 0 Å². The fraction of sp³-hybridized carbons (Fsp3) is 0.737. The van der Waals surface area contributed by atoms with Crippen molar-refractivity contribution in [1.82, 2.24) is 14.9 Å². The Morgan fingerprint density at radius 1 is 1.28 bits per heavy atom. The van der Waals surface area contributed by atoms with Gasteiger partial charge in [-0.25, -0.2) is 14.8 Å². The molecule has 25 heavy (non-hydrogen) atoms. The topological polar surface area (TPSA) is 67.4 Å². The summed E-state index contributed by atoms with van der Waals surface area (Å²) in [5, 5.41) is 3.34. The third-order valence-corrected chi connectivity index (χ3v) is 5.06. The van der Waals surface area contributed by atoms with E-state index in [1.807, 2.05) is 45.6 Å². The van der Waals surface area contributed by atoms with Gasteiger partial charge in [-0.05, 0) is 71.8 Å². The first-order valence-electron chi connectivity index (χ1n) is 9.22. The first-order valence-corrected chi connectivity index (χ1v) is 9.22. The first-order chi connectivity index (χ1) is 11.7. The van der Waals surface area contributed by atoms with Crippen LogP contribution in [0.5, 0.6) is 0 Å². The average molecular weight is 346 g/mol. The monoisotopic (exact) mass is 346 g/mol. The van der Waals surface area contributed by atoms with E-state index in [0.717, 1.165) is 30.8 Å². The van der Waals surface area contributed by atoms with Gasteiger partial charge in [0.25, 0.3) is 0 Å². The summed E-state index contributed by atoms with van der Waals surface area (Å²) in [7, 11) is 0. The maximum Gasteiger partial charge on any atom is 0.410 e. The zero-order chi connectivity index (χ0) is 18.2. The van der Waals surface area contributed by atoms with E-state index in [2.05, 4.69) is 15.3 Å². The number of aromatic nitrogens is 2. The van der Waals surface area contributed by atoms with Crippen LogP contribution in [0, 0.1) is 19.3 Å². The molecule has 138 valence electrons. The molecule has 2 aliphatic rings. The van der Waals surface area contributed by atoms with Gasteiger partial charge in [0, 0.05) is 24.5 Å². The van der Waals surface area contributed by atoms with Crippen molar-refractivity contribution in [3.8, 4) is 0 Å². The third-order valence-electron chi connectivity index (χ3n) is 5.06. The molecule has 0 bridgehead atoms. The second-order valence-corrected chi connectivity index (χ2v) is 8.64. The van der Waals surface area contributed by atoms with Crippen molar-refractivity contribution >= 4 is 12.0 Å². The molecule has 0 unspecified atom stereocenters. The summed E-state index contributed by atoms with van der Waals surface area (Å²) < 4.78 is 5.61. The van der Waals surface area contributed by atoms with Crippen molar-refractivity contribution in [1.29, 1.82) is 0 Å². The SMILES string of the molecule is Cc1cc(C)nc(NC[C@@H]2CC3(CCN2C(=O)OC(C)(C)C)CC3)n1. The fourth-order valence-corrected chi connectivity index (χ4v) is 3.64. The van der Waals surface area contributed by atoms with Gasteiger partial charge in [0.2, 0.25) is 5.95 Å². The molecule has 6 nitrogen and oxygen atoms in total. The van der Waals surface area contributed by atoms with E-state index in [4.69, 9.17) is 4.74 Å². The maximum atomic E-state index is 12.6. The summed E-state index contributed by atoms with van der Waals surface area (Å²) in [6.45, 7) is 11.1. The Hall–Kier alpha value is -1.85. The maximum absolute atomic E-state index is 12.6. The number of carbonyl (C=O) groups is 1. The summed E-state index contributed by atoms with van der Waals surface area (Å²) in [6.07, 6.45) is 4.47. The molecule has 1 saturated heterocycles. The molecule has 2 fully saturated rings. The van der Waals surface area contributed by atoms with Gasteiger partial charge in [-0.1, -0.05) is 0 Å². The third kappa shape index (κ3) is 4.61. The van der Waals surface area contributed by atoms with E-state index >= 15 is 0 Å². The summed E-state index contributed by atoms with van der Waals surface area (Å²) in [5.41, 5.74) is 1.87. The number of hydrogen-bond acceptors (Lipinski definition) is 5. The predicted octanol–water partition coefficient (Wildman–Crippen LogP) is 3.69. The minimum absolute atomic E-state index is 0.121. The molecule has 0 radical (unpaired) electrons. The Bertz CT molecular complexity index is 629. The van der Waals surface area contributed by atoms with Crippen molar-refractivity contribution in [2.24, 2.45) is 5.41 Å². The Kier molecular flexibility index (Phi) is 4.64. The Labute approximate surface area is 150 Å². The highest BCUT2D eigenvalue weighted by Gasteiger charge is 2.49. The second-order valence-electron chi connectivity index (χ2n) is 8.64. The highest BCUT2D eigenvalue weighted by Crippen LogP contribution is 2.55. The van der Waals surface area contributed by atoms with Crippen molar-refractivity contribution in [3.05, 3.63) is 17.5 Å². The van der Waals surface area contributed by atoms with Gasteiger partial charge in [0.1, 0.15) is 5.60 Å². The number of hydrogen-bond donors (Lipinski definition) is 1. The van der Waals surface area contributed by atoms with Crippen LogP contribution in [0.4, 0.5) is 10.7 Å². The lowest BCUT2D eigenvalue weighted by Gasteiger charge is -2.40. The molecule has 1 aromatic heterocycles. The average Bonchev–Trinajstić information content (AvgIpc) is 3.21. The van der Waals surface area contributed by atoms with Gasteiger partial charge in [-0.2, -0.15) is 0 Å². The van der Waals surface area contributed by atoms with Crippen LogP contribution in [-0.2, 0) is 4.74 Å². The van der Waals surface area contributed by atoms with E-state index in [9.17, 15) is 4.79 Å². The zero-order valence-electron chi connectivity index (χ0n) is 16.1. The van der Waals surface area contributed by atoms with E-state index in [0.29, 0.717) is 17.9 Å². The number of nitrogens with zero attached hydrogens (tertiary/aromatic N) is 3. The van der Waals surface area contributed by atoms with Gasteiger partial charge in [0.15, 0.2) is 0 Å². The van der Waals surface area contributed by atoms with Gasteiger partial charge in [0.05, 0.1) is 6.04 Å². The predicted molar refractivity (Wildman–Crippen MR) is 97.6 cm³/mol. The van der Waals surface area contributed by atoms with Crippen LogP contribution in [0.15, 0.2) is 6.07 Å². The van der Waals surface area contributed by atoms with E-state index in [-0.39, 0.29) is 12.1 Å². The van der Waals surface area contributed by atoms with Crippen LogP contribution < -0.4 is 5.32 Å². The summed E-state index contributed by atoms with van der Waals surface area (Å²) in [5.74, 6) is 0.636. The number of anilines is 1. The number of nitrogens with one attached hydrogen (secondary N) is 1. The Morgan fingerprint density at radius 2 is 1.92 bits per heavy atom. The molecule has 1 aliphatic carbocycles. The number of rotatable bonds is 3. The van der Waals surface area contributed by atoms with Crippen LogP contribution in [0.3, 0.4) is 0 Å². The molecule has 0 aromatic carbocycles. The van der Waals surface area contributed by atoms with Gasteiger partial charge in [-0.15, -0.1) is 0 Å². The molecular weight excluding hydrogens is 316 g/mol. The molecule has 1 saturated carbocycles. The normalized spacial score (nSPS) is 22.0. The number of piperidine rings is 1. The van der Waals surface area contributed by atoms with Crippen molar-refractivity contribution in [3.63, 3.8) is 0 Å². The fourth-order valence-electron chi connectivity index (χ4n) is 3.64. The van der Waals surface area contributed by atoms with Crippen molar-refractivity contribution in [2.75, 3.05) is 18.4 Å². The molecule has 1 aromatic rings. The van der Waals surface area contributed by atoms with Gasteiger partial charge < -0.3 is 15.0 Å².